The third kappa shape index (κ3) is 4.43. The molecule has 9 heteroatoms. The molecule has 0 aliphatic rings. The summed E-state index contributed by atoms with van der Waals surface area (Å²) in [4.78, 5) is 24.6. The number of carbonyl (C=O) groups is 1. The van der Waals surface area contributed by atoms with E-state index in [2.05, 4.69) is 0 Å². The Labute approximate surface area is 174 Å². The van der Waals surface area contributed by atoms with Gasteiger partial charge in [0.05, 0.1) is 17.6 Å². The maximum atomic E-state index is 13.7. The standard InChI is InChI=1S/C21H16ClF3O5/c1-3-28-20(27)11(2)29-14-8-9-15-16(10-14)30-19(21(23,24)25)17(18(15)26)12-4-6-13(22)7-5-12/h4-11H,3H2,1-2H3/t11-/m1/s1. The Morgan fingerprint density at radius 3 is 2.43 bits per heavy atom. The Kier molecular flexibility index (Phi) is 6.07. The number of rotatable bonds is 5. The smallest absolute Gasteiger partial charge is 0.450 e. The number of hydrogen-bond acceptors (Lipinski definition) is 5. The number of ether oxygens (including phenoxy) is 2. The van der Waals surface area contributed by atoms with E-state index in [9.17, 15) is 22.8 Å². The molecule has 1 aromatic heterocycles. The molecule has 0 unspecified atom stereocenters. The summed E-state index contributed by atoms with van der Waals surface area (Å²) >= 11 is 5.79. The lowest BCUT2D eigenvalue weighted by Crippen LogP contribution is -2.26. The predicted octanol–water partition coefficient (Wildman–Crippen LogP) is 5.46. The highest BCUT2D eigenvalue weighted by Crippen LogP contribution is 2.38. The van der Waals surface area contributed by atoms with Crippen LogP contribution in [0.3, 0.4) is 0 Å². The molecule has 5 nitrogen and oxygen atoms in total. The average Bonchev–Trinajstić information content (AvgIpc) is 2.68. The molecule has 0 N–H and O–H groups in total. The van der Waals surface area contributed by atoms with Crippen LogP contribution in [0.5, 0.6) is 5.75 Å². The molecule has 3 aromatic rings. The van der Waals surface area contributed by atoms with Crippen molar-refractivity contribution in [2.45, 2.75) is 26.1 Å². The van der Waals surface area contributed by atoms with Gasteiger partial charge in [0.1, 0.15) is 11.3 Å². The highest BCUT2D eigenvalue weighted by Gasteiger charge is 2.39. The lowest BCUT2D eigenvalue weighted by molar-refractivity contribution is -0.152. The zero-order chi connectivity index (χ0) is 22.1. The van der Waals surface area contributed by atoms with E-state index in [1.165, 1.54) is 43.3 Å². The maximum Gasteiger partial charge on any atom is 0.450 e. The molecule has 2 aromatic carbocycles. The second-order valence-corrected chi connectivity index (χ2v) is 6.75. The van der Waals surface area contributed by atoms with Crippen LogP contribution in [0, 0.1) is 0 Å². The van der Waals surface area contributed by atoms with Crippen LogP contribution in [0.2, 0.25) is 5.02 Å². The van der Waals surface area contributed by atoms with E-state index in [0.717, 1.165) is 6.07 Å². The molecule has 1 heterocycles. The van der Waals surface area contributed by atoms with Crippen molar-refractivity contribution < 1.29 is 31.9 Å². The van der Waals surface area contributed by atoms with Gasteiger partial charge in [-0.05, 0) is 43.7 Å². The molecular weight excluding hydrogens is 425 g/mol. The molecule has 30 heavy (non-hydrogen) atoms. The van der Waals surface area contributed by atoms with Crippen molar-refractivity contribution >= 4 is 28.5 Å². The summed E-state index contributed by atoms with van der Waals surface area (Å²) in [5.41, 5.74) is -1.76. The van der Waals surface area contributed by atoms with Crippen molar-refractivity contribution in [3.05, 3.63) is 63.5 Å². The van der Waals surface area contributed by atoms with Crippen LogP contribution >= 0.6 is 11.6 Å². The van der Waals surface area contributed by atoms with Crippen molar-refractivity contribution in [2.24, 2.45) is 0 Å². The molecule has 0 fully saturated rings. The monoisotopic (exact) mass is 440 g/mol. The molecule has 0 aliphatic carbocycles. The molecule has 0 spiro atoms. The van der Waals surface area contributed by atoms with Crippen LogP contribution < -0.4 is 10.2 Å². The van der Waals surface area contributed by atoms with Crippen molar-refractivity contribution in [3.63, 3.8) is 0 Å². The summed E-state index contributed by atoms with van der Waals surface area (Å²) in [6, 6.07) is 9.18. The van der Waals surface area contributed by atoms with Crippen LogP contribution in [0.15, 0.2) is 51.7 Å². The molecule has 0 amide bonds. The fraction of sp³-hybridized carbons (Fsp3) is 0.238. The summed E-state index contributed by atoms with van der Waals surface area (Å²) < 4.78 is 56.3. The first-order valence-electron chi connectivity index (χ1n) is 8.89. The molecule has 0 saturated carbocycles. The Balaban J connectivity index is 2.14. The zero-order valence-electron chi connectivity index (χ0n) is 15.9. The predicted molar refractivity (Wildman–Crippen MR) is 105 cm³/mol. The molecule has 158 valence electrons. The van der Waals surface area contributed by atoms with Crippen LogP contribution in [0.4, 0.5) is 13.2 Å². The van der Waals surface area contributed by atoms with Gasteiger partial charge in [0.2, 0.25) is 11.2 Å². The van der Waals surface area contributed by atoms with Crippen LogP contribution in [-0.2, 0) is 15.7 Å². The Hall–Kier alpha value is -3.00. The first-order valence-corrected chi connectivity index (χ1v) is 9.27. The minimum Gasteiger partial charge on any atom is -0.479 e. The van der Waals surface area contributed by atoms with Crippen LogP contribution in [0.1, 0.15) is 19.6 Å². The van der Waals surface area contributed by atoms with Gasteiger partial charge in [0.25, 0.3) is 0 Å². The molecule has 0 bridgehead atoms. The summed E-state index contributed by atoms with van der Waals surface area (Å²) in [6.45, 7) is 3.22. The SMILES string of the molecule is CCOC(=O)[C@@H](C)Oc1ccc2c(=O)c(-c3ccc(Cl)cc3)c(C(F)(F)F)oc2c1. The van der Waals surface area contributed by atoms with Gasteiger partial charge < -0.3 is 13.9 Å². The number of carbonyl (C=O) groups excluding carboxylic acids is 1. The van der Waals surface area contributed by atoms with E-state index in [-0.39, 0.29) is 28.9 Å². The normalized spacial score (nSPS) is 12.6. The molecule has 0 aliphatic heterocycles. The van der Waals surface area contributed by atoms with Crippen molar-refractivity contribution in [2.75, 3.05) is 6.61 Å². The Bertz CT molecular complexity index is 1140. The topological polar surface area (TPSA) is 65.7 Å². The van der Waals surface area contributed by atoms with Crippen molar-refractivity contribution in [1.29, 1.82) is 0 Å². The van der Waals surface area contributed by atoms with Gasteiger partial charge in [-0.3, -0.25) is 4.79 Å². The van der Waals surface area contributed by atoms with Gasteiger partial charge in [-0.15, -0.1) is 0 Å². The fourth-order valence-electron chi connectivity index (χ4n) is 2.84. The Morgan fingerprint density at radius 1 is 1.17 bits per heavy atom. The summed E-state index contributed by atoms with van der Waals surface area (Å²) in [5, 5.41) is 0.249. The highest BCUT2D eigenvalue weighted by atomic mass is 35.5. The molecule has 0 saturated heterocycles. The molecular formula is C21H16ClF3O5. The van der Waals surface area contributed by atoms with E-state index in [1.54, 1.807) is 6.92 Å². The number of alkyl halides is 3. The van der Waals surface area contributed by atoms with Gasteiger partial charge in [0.15, 0.2) is 6.10 Å². The average molecular weight is 441 g/mol. The lowest BCUT2D eigenvalue weighted by Gasteiger charge is -2.15. The van der Waals surface area contributed by atoms with E-state index < -0.39 is 35.0 Å². The van der Waals surface area contributed by atoms with Crippen molar-refractivity contribution in [3.8, 4) is 16.9 Å². The first-order chi connectivity index (χ1) is 14.1. The Morgan fingerprint density at radius 2 is 1.83 bits per heavy atom. The zero-order valence-corrected chi connectivity index (χ0v) is 16.6. The van der Waals surface area contributed by atoms with E-state index in [0.29, 0.717) is 5.02 Å². The minimum absolute atomic E-state index is 0.0265. The summed E-state index contributed by atoms with van der Waals surface area (Å²) in [7, 11) is 0. The number of fused-ring (bicyclic) bond motifs is 1. The highest BCUT2D eigenvalue weighted by molar-refractivity contribution is 6.30. The maximum absolute atomic E-state index is 13.7. The summed E-state index contributed by atoms with van der Waals surface area (Å²) in [5.74, 6) is -2.01. The fourth-order valence-corrected chi connectivity index (χ4v) is 2.96. The number of esters is 1. The first kappa shape index (κ1) is 21.7. The largest absolute Gasteiger partial charge is 0.479 e. The van der Waals surface area contributed by atoms with Gasteiger partial charge in [-0.2, -0.15) is 13.2 Å². The third-order valence-corrected chi connectivity index (χ3v) is 4.44. The number of halogens is 4. The van der Waals surface area contributed by atoms with Gasteiger partial charge >= 0.3 is 12.1 Å². The second kappa shape index (κ2) is 8.39. The third-order valence-electron chi connectivity index (χ3n) is 4.19. The number of benzene rings is 2. The number of hydrogen-bond donors (Lipinski definition) is 0. The van der Waals surface area contributed by atoms with Crippen LogP contribution in [0.25, 0.3) is 22.1 Å². The van der Waals surface area contributed by atoms with Crippen molar-refractivity contribution in [1.82, 2.24) is 0 Å². The van der Waals surface area contributed by atoms with E-state index >= 15 is 0 Å². The van der Waals surface area contributed by atoms with Gasteiger partial charge in [-0.25, -0.2) is 4.79 Å². The molecule has 1 atom stereocenters. The minimum atomic E-state index is -4.92. The quantitative estimate of drug-likeness (QED) is 0.493. The van der Waals surface area contributed by atoms with E-state index in [4.69, 9.17) is 25.5 Å². The van der Waals surface area contributed by atoms with Gasteiger partial charge in [-0.1, -0.05) is 23.7 Å². The second-order valence-electron chi connectivity index (χ2n) is 6.31. The molecule has 0 radical (unpaired) electrons. The van der Waals surface area contributed by atoms with Crippen LogP contribution in [-0.4, -0.2) is 18.7 Å². The van der Waals surface area contributed by atoms with Gasteiger partial charge in [0, 0.05) is 11.1 Å². The summed E-state index contributed by atoms with van der Waals surface area (Å²) in [6.07, 6.45) is -5.92. The lowest BCUT2D eigenvalue weighted by atomic mass is 10.0. The van der Waals surface area contributed by atoms with E-state index in [1.807, 2.05) is 0 Å². The molecule has 3 rings (SSSR count).